The van der Waals surface area contributed by atoms with Crippen LogP contribution in [0, 0.1) is 5.41 Å². The van der Waals surface area contributed by atoms with Crippen LogP contribution in [0.25, 0.3) is 0 Å². The second kappa shape index (κ2) is 9.71. The molecule has 3 atom stereocenters. The lowest BCUT2D eigenvalue weighted by atomic mass is 9.80. The van der Waals surface area contributed by atoms with Crippen LogP contribution in [-0.2, 0) is 14.3 Å². The minimum Gasteiger partial charge on any atom is -0.466 e. The van der Waals surface area contributed by atoms with E-state index in [1.54, 1.807) is 35.9 Å². The van der Waals surface area contributed by atoms with Crippen molar-refractivity contribution in [3.05, 3.63) is 41.9 Å². The molecule has 0 saturated carbocycles. The van der Waals surface area contributed by atoms with Crippen molar-refractivity contribution >= 4 is 17.6 Å². The van der Waals surface area contributed by atoms with E-state index in [-0.39, 0.29) is 5.97 Å². The molecule has 0 fully saturated rings. The predicted molar refractivity (Wildman–Crippen MR) is 102 cm³/mol. The van der Waals surface area contributed by atoms with Gasteiger partial charge in [-0.1, -0.05) is 18.5 Å². The van der Waals surface area contributed by atoms with E-state index >= 15 is 0 Å². The lowest BCUT2D eigenvalue weighted by Crippen LogP contribution is -2.49. The van der Waals surface area contributed by atoms with E-state index in [0.29, 0.717) is 30.4 Å². The highest BCUT2D eigenvalue weighted by molar-refractivity contribution is 6.30. The van der Waals surface area contributed by atoms with E-state index in [0.717, 1.165) is 0 Å². The third-order valence-electron chi connectivity index (χ3n) is 4.48. The quantitative estimate of drug-likeness (QED) is 0.568. The SMILES string of the molecule is CCOC(=O)C(C)(CC)C(OCC)C(Oc1ccc(Cl)cc1)n1cncn1. The molecule has 0 radical (unpaired) electrons. The largest absolute Gasteiger partial charge is 0.466 e. The number of nitrogens with zero attached hydrogens (tertiary/aromatic N) is 3. The van der Waals surface area contributed by atoms with Gasteiger partial charge in [0.25, 0.3) is 0 Å². The number of carbonyl (C=O) groups is 1. The van der Waals surface area contributed by atoms with Crippen LogP contribution in [0.3, 0.4) is 0 Å². The van der Waals surface area contributed by atoms with Gasteiger partial charge < -0.3 is 14.2 Å². The van der Waals surface area contributed by atoms with Crippen molar-refractivity contribution in [1.29, 1.82) is 0 Å². The summed E-state index contributed by atoms with van der Waals surface area (Å²) in [6, 6.07) is 6.97. The zero-order valence-corrected chi connectivity index (χ0v) is 16.8. The monoisotopic (exact) mass is 395 g/mol. The molecule has 0 bridgehead atoms. The van der Waals surface area contributed by atoms with Crippen molar-refractivity contribution in [2.24, 2.45) is 5.41 Å². The number of carbonyl (C=O) groups excluding carboxylic acids is 1. The van der Waals surface area contributed by atoms with Gasteiger partial charge in [-0.25, -0.2) is 9.67 Å². The highest BCUT2D eigenvalue weighted by Gasteiger charge is 2.48. The number of halogens is 1. The molecule has 0 N–H and O–H groups in total. The summed E-state index contributed by atoms with van der Waals surface area (Å²) in [6.45, 7) is 8.08. The summed E-state index contributed by atoms with van der Waals surface area (Å²) >= 11 is 5.96. The first-order chi connectivity index (χ1) is 13.0. The van der Waals surface area contributed by atoms with Crippen LogP contribution < -0.4 is 4.74 Å². The molecule has 0 saturated heterocycles. The van der Waals surface area contributed by atoms with Gasteiger partial charge in [-0.05, 0) is 51.5 Å². The summed E-state index contributed by atoms with van der Waals surface area (Å²) < 4.78 is 19.0. The molecule has 148 valence electrons. The van der Waals surface area contributed by atoms with Crippen LogP contribution in [0.1, 0.15) is 40.3 Å². The second-order valence-electron chi connectivity index (χ2n) is 6.21. The van der Waals surface area contributed by atoms with Crippen LogP contribution in [0.2, 0.25) is 5.02 Å². The predicted octanol–water partition coefficient (Wildman–Crippen LogP) is 3.89. The summed E-state index contributed by atoms with van der Waals surface area (Å²) in [4.78, 5) is 16.8. The van der Waals surface area contributed by atoms with Gasteiger partial charge in [-0.15, -0.1) is 0 Å². The Bertz CT molecular complexity index is 708. The van der Waals surface area contributed by atoms with Crippen LogP contribution in [0.4, 0.5) is 0 Å². The Hall–Kier alpha value is -2.12. The minimum atomic E-state index is -0.935. The fraction of sp³-hybridized carbons (Fsp3) is 0.526. The van der Waals surface area contributed by atoms with E-state index in [4.69, 9.17) is 25.8 Å². The van der Waals surface area contributed by atoms with Gasteiger partial charge in [0.15, 0.2) is 0 Å². The molecule has 0 aliphatic rings. The van der Waals surface area contributed by atoms with E-state index < -0.39 is 17.7 Å². The van der Waals surface area contributed by atoms with E-state index in [1.807, 2.05) is 20.8 Å². The molecule has 0 spiro atoms. The molecule has 8 heteroatoms. The maximum Gasteiger partial charge on any atom is 0.314 e. The third-order valence-corrected chi connectivity index (χ3v) is 4.73. The Labute approximate surface area is 164 Å². The Morgan fingerprint density at radius 2 is 1.93 bits per heavy atom. The van der Waals surface area contributed by atoms with Gasteiger partial charge in [0.2, 0.25) is 6.23 Å². The molecule has 0 amide bonds. The number of hydrogen-bond donors (Lipinski definition) is 0. The average molecular weight is 396 g/mol. The molecule has 1 heterocycles. The Morgan fingerprint density at radius 1 is 1.22 bits per heavy atom. The maximum absolute atomic E-state index is 12.8. The number of benzene rings is 1. The lowest BCUT2D eigenvalue weighted by Gasteiger charge is -2.38. The second-order valence-corrected chi connectivity index (χ2v) is 6.64. The molecule has 7 nitrogen and oxygen atoms in total. The number of hydrogen-bond acceptors (Lipinski definition) is 6. The standard InChI is InChI=1S/C19H26ClN3O4/c1-5-19(4,18(24)26-7-3)16(25-6-2)17(23-13-21-12-22-23)27-15-10-8-14(20)9-11-15/h8-13,16-17H,5-7H2,1-4H3. The topological polar surface area (TPSA) is 75.5 Å². The van der Waals surface area contributed by atoms with Crippen LogP contribution in [0.15, 0.2) is 36.9 Å². The maximum atomic E-state index is 12.8. The van der Waals surface area contributed by atoms with Gasteiger partial charge in [-0.3, -0.25) is 4.79 Å². The molecule has 0 aliphatic heterocycles. The molecular weight excluding hydrogens is 370 g/mol. The third kappa shape index (κ3) is 4.99. The normalized spacial score (nSPS) is 15.6. The van der Waals surface area contributed by atoms with Crippen molar-refractivity contribution in [3.8, 4) is 5.75 Å². The number of ether oxygens (including phenoxy) is 3. The van der Waals surface area contributed by atoms with Crippen LogP contribution in [-0.4, -0.2) is 40.1 Å². The average Bonchev–Trinajstić information content (AvgIpc) is 3.20. The Morgan fingerprint density at radius 3 is 2.44 bits per heavy atom. The van der Waals surface area contributed by atoms with Gasteiger partial charge in [0.1, 0.15) is 24.5 Å². The summed E-state index contributed by atoms with van der Waals surface area (Å²) in [6.07, 6.45) is 2.08. The van der Waals surface area contributed by atoms with Crippen molar-refractivity contribution in [3.63, 3.8) is 0 Å². The Kier molecular flexibility index (Phi) is 7.62. The summed E-state index contributed by atoms with van der Waals surface area (Å²) in [5.74, 6) is 0.239. The van der Waals surface area contributed by atoms with Gasteiger partial charge in [-0.2, -0.15) is 5.10 Å². The lowest BCUT2D eigenvalue weighted by molar-refractivity contribution is -0.178. The number of aromatic nitrogens is 3. The van der Waals surface area contributed by atoms with Crippen LogP contribution >= 0.6 is 11.6 Å². The highest BCUT2D eigenvalue weighted by atomic mass is 35.5. The highest BCUT2D eigenvalue weighted by Crippen LogP contribution is 2.37. The molecule has 27 heavy (non-hydrogen) atoms. The van der Waals surface area contributed by atoms with E-state index in [1.165, 1.54) is 12.7 Å². The number of rotatable bonds is 10. The zero-order chi connectivity index (χ0) is 19.9. The molecule has 1 aromatic heterocycles. The fourth-order valence-corrected chi connectivity index (χ4v) is 2.90. The summed E-state index contributed by atoms with van der Waals surface area (Å²) in [5, 5.41) is 4.81. The van der Waals surface area contributed by atoms with Crippen molar-refractivity contribution < 1.29 is 19.0 Å². The first kappa shape index (κ1) is 21.2. The number of esters is 1. The van der Waals surface area contributed by atoms with E-state index in [2.05, 4.69) is 10.1 Å². The fourth-order valence-electron chi connectivity index (χ4n) is 2.77. The molecule has 3 unspecified atom stereocenters. The van der Waals surface area contributed by atoms with Crippen LogP contribution in [0.5, 0.6) is 5.75 Å². The Balaban J connectivity index is 2.44. The minimum absolute atomic E-state index is 0.291. The summed E-state index contributed by atoms with van der Waals surface area (Å²) in [5.41, 5.74) is -0.935. The van der Waals surface area contributed by atoms with Crippen molar-refractivity contribution in [1.82, 2.24) is 14.8 Å². The molecule has 2 aromatic rings. The first-order valence-electron chi connectivity index (χ1n) is 9.01. The van der Waals surface area contributed by atoms with Gasteiger partial charge in [0.05, 0.1) is 12.0 Å². The molecular formula is C19H26ClN3O4. The molecule has 1 aromatic carbocycles. The summed E-state index contributed by atoms with van der Waals surface area (Å²) in [7, 11) is 0. The first-order valence-corrected chi connectivity index (χ1v) is 9.39. The molecule has 2 rings (SSSR count). The van der Waals surface area contributed by atoms with Gasteiger partial charge >= 0.3 is 5.97 Å². The zero-order valence-electron chi connectivity index (χ0n) is 16.1. The molecule has 0 aliphatic carbocycles. The van der Waals surface area contributed by atoms with Crippen molar-refractivity contribution in [2.45, 2.75) is 46.4 Å². The van der Waals surface area contributed by atoms with E-state index in [9.17, 15) is 4.79 Å². The van der Waals surface area contributed by atoms with Crippen molar-refractivity contribution in [2.75, 3.05) is 13.2 Å². The smallest absolute Gasteiger partial charge is 0.314 e. The van der Waals surface area contributed by atoms with Gasteiger partial charge in [0, 0.05) is 11.6 Å².